The lowest BCUT2D eigenvalue weighted by molar-refractivity contribution is 0.584. The van der Waals surface area contributed by atoms with Gasteiger partial charge in [0, 0.05) is 0 Å². The van der Waals surface area contributed by atoms with Crippen molar-refractivity contribution in [2.45, 2.75) is 0 Å². The summed E-state index contributed by atoms with van der Waals surface area (Å²) in [6.45, 7) is 0. The number of anilines is 1. The second-order valence-corrected chi connectivity index (χ2v) is 1.51. The number of nitrogens with one attached hydrogen (secondary N) is 1. The van der Waals surface area contributed by atoms with E-state index in [1.165, 1.54) is 18.3 Å². The summed E-state index contributed by atoms with van der Waals surface area (Å²) in [5.74, 6) is 4.48. The van der Waals surface area contributed by atoms with Crippen molar-refractivity contribution in [2.75, 3.05) is 5.43 Å². The maximum Gasteiger partial charge on any atom is 0.212 e. The molecule has 0 amide bonds. The maximum absolute atomic E-state index is 12.0. The minimum atomic E-state index is -0.506. The van der Waals surface area contributed by atoms with Crippen LogP contribution in [0.25, 0.3) is 0 Å². The average molecular weight is 200 g/mol. The molecular formula is C5H8Cl2FN3. The number of rotatable bonds is 1. The smallest absolute Gasteiger partial charge is 0.212 e. The Morgan fingerprint density at radius 1 is 1.36 bits per heavy atom. The highest BCUT2D eigenvalue weighted by Crippen LogP contribution is 2.01. The van der Waals surface area contributed by atoms with E-state index >= 15 is 0 Å². The number of nitrogens with zero attached hydrogens (tertiary/aromatic N) is 1. The standard InChI is InChI=1S/C5H6FN3.2ClH/c6-5-2-1-4(9-7)3-8-5;;/h1-3,9H,7H2;2*1H. The van der Waals surface area contributed by atoms with Crippen molar-refractivity contribution in [3.63, 3.8) is 0 Å². The van der Waals surface area contributed by atoms with Crippen molar-refractivity contribution >= 4 is 30.5 Å². The van der Waals surface area contributed by atoms with E-state index in [1.807, 2.05) is 0 Å². The number of hydrazine groups is 1. The lowest BCUT2D eigenvalue weighted by Crippen LogP contribution is -2.06. The zero-order valence-electron chi connectivity index (χ0n) is 5.45. The number of pyridine rings is 1. The topological polar surface area (TPSA) is 50.9 Å². The number of nitrogens with two attached hydrogens (primary N) is 1. The van der Waals surface area contributed by atoms with Crippen LogP contribution in [-0.4, -0.2) is 4.98 Å². The molecule has 1 aromatic heterocycles. The van der Waals surface area contributed by atoms with Gasteiger partial charge in [-0.25, -0.2) is 4.98 Å². The summed E-state index contributed by atoms with van der Waals surface area (Å²) in [7, 11) is 0. The second kappa shape index (κ2) is 6.15. The normalized spacial score (nSPS) is 7.45. The summed E-state index contributed by atoms with van der Waals surface area (Å²) in [5.41, 5.74) is 2.92. The Bertz CT molecular complexity index is 191. The van der Waals surface area contributed by atoms with Crippen LogP contribution in [0.4, 0.5) is 10.1 Å². The summed E-state index contributed by atoms with van der Waals surface area (Å²) in [6.07, 6.45) is 1.31. The summed E-state index contributed by atoms with van der Waals surface area (Å²) in [4.78, 5) is 3.34. The molecule has 1 aromatic rings. The van der Waals surface area contributed by atoms with E-state index < -0.39 is 5.95 Å². The molecule has 0 radical (unpaired) electrons. The molecule has 0 saturated heterocycles. The van der Waals surface area contributed by atoms with Crippen LogP contribution in [0, 0.1) is 5.95 Å². The molecule has 1 rings (SSSR count). The lowest BCUT2D eigenvalue weighted by Gasteiger charge is -1.94. The van der Waals surface area contributed by atoms with Gasteiger partial charge >= 0.3 is 0 Å². The number of hydrogen-bond acceptors (Lipinski definition) is 3. The summed E-state index contributed by atoms with van der Waals surface area (Å²) >= 11 is 0. The SMILES string of the molecule is Cl.Cl.NNc1ccc(F)nc1. The quantitative estimate of drug-likeness (QED) is 0.408. The van der Waals surface area contributed by atoms with E-state index in [-0.39, 0.29) is 24.8 Å². The van der Waals surface area contributed by atoms with E-state index in [1.54, 1.807) is 0 Å². The molecule has 64 valence electrons. The van der Waals surface area contributed by atoms with Crippen LogP contribution in [-0.2, 0) is 0 Å². The molecule has 0 bridgehead atoms. The van der Waals surface area contributed by atoms with Crippen molar-refractivity contribution in [3.8, 4) is 0 Å². The molecule has 6 heteroatoms. The molecule has 0 atom stereocenters. The van der Waals surface area contributed by atoms with E-state index in [0.29, 0.717) is 5.69 Å². The number of nitrogen functional groups attached to an aromatic ring is 1. The van der Waals surface area contributed by atoms with E-state index in [9.17, 15) is 4.39 Å². The molecule has 0 aliphatic carbocycles. The van der Waals surface area contributed by atoms with Gasteiger partial charge in [-0.05, 0) is 12.1 Å². The van der Waals surface area contributed by atoms with Crippen LogP contribution < -0.4 is 11.3 Å². The Hall–Kier alpha value is -0.580. The fourth-order valence-electron chi connectivity index (χ4n) is 0.461. The van der Waals surface area contributed by atoms with Crippen LogP contribution in [0.2, 0.25) is 0 Å². The molecule has 0 aliphatic rings. The summed E-state index contributed by atoms with van der Waals surface area (Å²) in [6, 6.07) is 2.73. The van der Waals surface area contributed by atoms with Crippen LogP contribution in [0.5, 0.6) is 0 Å². The maximum atomic E-state index is 12.0. The van der Waals surface area contributed by atoms with Crippen LogP contribution in [0.15, 0.2) is 18.3 Å². The molecule has 0 spiro atoms. The molecule has 0 aromatic carbocycles. The Kier molecular flexibility index (Phi) is 7.29. The Morgan fingerprint density at radius 2 is 2.00 bits per heavy atom. The molecule has 0 fully saturated rings. The molecular weight excluding hydrogens is 192 g/mol. The second-order valence-electron chi connectivity index (χ2n) is 1.51. The first kappa shape index (κ1) is 13.0. The summed E-state index contributed by atoms with van der Waals surface area (Å²) < 4.78 is 12.0. The highest BCUT2D eigenvalue weighted by atomic mass is 35.5. The van der Waals surface area contributed by atoms with Crippen molar-refractivity contribution in [1.29, 1.82) is 0 Å². The predicted molar refractivity (Wildman–Crippen MR) is 46.5 cm³/mol. The highest BCUT2D eigenvalue weighted by Gasteiger charge is 1.88. The third-order valence-corrected chi connectivity index (χ3v) is 0.894. The monoisotopic (exact) mass is 199 g/mol. The lowest BCUT2D eigenvalue weighted by atomic mass is 10.4. The fraction of sp³-hybridized carbons (Fsp3) is 0. The minimum absolute atomic E-state index is 0. The zero-order chi connectivity index (χ0) is 6.69. The highest BCUT2D eigenvalue weighted by molar-refractivity contribution is 5.85. The van der Waals surface area contributed by atoms with Gasteiger partial charge in [0.2, 0.25) is 5.95 Å². The van der Waals surface area contributed by atoms with Crippen LogP contribution in [0.3, 0.4) is 0 Å². The van der Waals surface area contributed by atoms with Gasteiger partial charge in [0.15, 0.2) is 0 Å². The van der Waals surface area contributed by atoms with Crippen molar-refractivity contribution in [1.82, 2.24) is 4.98 Å². The van der Waals surface area contributed by atoms with Gasteiger partial charge in [0.25, 0.3) is 0 Å². The number of halogens is 3. The van der Waals surface area contributed by atoms with Crippen molar-refractivity contribution in [2.24, 2.45) is 5.84 Å². The van der Waals surface area contributed by atoms with E-state index in [4.69, 9.17) is 5.84 Å². The molecule has 0 aliphatic heterocycles. The van der Waals surface area contributed by atoms with Crippen molar-refractivity contribution in [3.05, 3.63) is 24.3 Å². The first-order chi connectivity index (χ1) is 4.33. The van der Waals surface area contributed by atoms with E-state index in [2.05, 4.69) is 10.4 Å². The van der Waals surface area contributed by atoms with Gasteiger partial charge in [-0.15, -0.1) is 24.8 Å². The molecule has 3 nitrogen and oxygen atoms in total. The first-order valence-electron chi connectivity index (χ1n) is 2.41. The molecule has 1 heterocycles. The molecule has 0 saturated carbocycles. The Morgan fingerprint density at radius 3 is 2.36 bits per heavy atom. The summed E-state index contributed by atoms with van der Waals surface area (Å²) in [5, 5.41) is 0. The zero-order valence-corrected chi connectivity index (χ0v) is 7.08. The molecule has 3 N–H and O–H groups in total. The predicted octanol–water partition coefficient (Wildman–Crippen LogP) is 1.35. The minimum Gasteiger partial charge on any atom is -0.323 e. The largest absolute Gasteiger partial charge is 0.323 e. The van der Waals surface area contributed by atoms with Gasteiger partial charge in [-0.1, -0.05) is 0 Å². The van der Waals surface area contributed by atoms with E-state index in [0.717, 1.165) is 0 Å². The van der Waals surface area contributed by atoms with Crippen molar-refractivity contribution < 1.29 is 4.39 Å². The average Bonchev–Trinajstić information content (AvgIpc) is 1.90. The van der Waals surface area contributed by atoms with Gasteiger partial charge in [0.1, 0.15) is 0 Å². The van der Waals surface area contributed by atoms with Gasteiger partial charge < -0.3 is 5.43 Å². The third kappa shape index (κ3) is 3.98. The van der Waals surface area contributed by atoms with Gasteiger partial charge in [-0.2, -0.15) is 4.39 Å². The third-order valence-electron chi connectivity index (χ3n) is 0.894. The number of aromatic nitrogens is 1. The van der Waals surface area contributed by atoms with Crippen LogP contribution >= 0.6 is 24.8 Å². The Labute approximate surface area is 76.0 Å². The van der Waals surface area contributed by atoms with Crippen LogP contribution in [0.1, 0.15) is 0 Å². The first-order valence-corrected chi connectivity index (χ1v) is 2.41. The molecule has 11 heavy (non-hydrogen) atoms. The number of hydrogen-bond donors (Lipinski definition) is 2. The Balaban J connectivity index is 0. The van der Waals surface area contributed by atoms with Gasteiger partial charge in [-0.3, -0.25) is 5.84 Å². The molecule has 0 unspecified atom stereocenters. The van der Waals surface area contributed by atoms with Gasteiger partial charge in [0.05, 0.1) is 11.9 Å². The fourth-order valence-corrected chi connectivity index (χ4v) is 0.461.